The summed E-state index contributed by atoms with van der Waals surface area (Å²) in [5.41, 5.74) is 0.653. The molecule has 4 nitrogen and oxygen atoms in total. The molecule has 0 bridgehead atoms. The van der Waals surface area contributed by atoms with Crippen LogP contribution in [0.25, 0.3) is 0 Å². The van der Waals surface area contributed by atoms with Crippen LogP contribution in [-0.2, 0) is 11.3 Å². The van der Waals surface area contributed by atoms with Crippen molar-refractivity contribution >= 4 is 5.91 Å². The minimum Gasteiger partial charge on any atom is -0.396 e. The van der Waals surface area contributed by atoms with Crippen LogP contribution in [0.5, 0.6) is 0 Å². The minimum atomic E-state index is -0.286. The number of aliphatic hydroxyl groups excluding tert-OH is 1. The number of piperidine rings is 1. The number of nitrogens with zero attached hydrogens (tertiary/aromatic N) is 2. The Morgan fingerprint density at radius 3 is 2.91 bits per heavy atom. The SMILES string of the molecule is CC(C(=O)N(C)Cc1cccc(F)c1)N1CCCC(C)(CO)C1. The Kier molecular flexibility index (Phi) is 5.76. The maximum absolute atomic E-state index is 13.3. The lowest BCUT2D eigenvalue weighted by Gasteiger charge is -2.42. The van der Waals surface area contributed by atoms with Crippen molar-refractivity contribution < 1.29 is 14.3 Å². The molecule has 2 atom stereocenters. The number of aliphatic hydroxyl groups is 1. The Balaban J connectivity index is 1.98. The summed E-state index contributed by atoms with van der Waals surface area (Å²) in [7, 11) is 1.75. The van der Waals surface area contributed by atoms with Gasteiger partial charge in [-0.15, -0.1) is 0 Å². The van der Waals surface area contributed by atoms with Crippen LogP contribution in [0.15, 0.2) is 24.3 Å². The summed E-state index contributed by atoms with van der Waals surface area (Å²) in [6.07, 6.45) is 1.97. The van der Waals surface area contributed by atoms with Gasteiger partial charge in [-0.05, 0) is 44.0 Å². The average Bonchev–Trinajstić information content (AvgIpc) is 2.53. The molecule has 1 amide bonds. The van der Waals surface area contributed by atoms with Gasteiger partial charge >= 0.3 is 0 Å². The van der Waals surface area contributed by atoms with Crippen LogP contribution >= 0.6 is 0 Å². The molecule has 0 spiro atoms. The summed E-state index contributed by atoms with van der Waals surface area (Å²) in [4.78, 5) is 16.4. The van der Waals surface area contributed by atoms with Crippen molar-refractivity contribution in [2.45, 2.75) is 39.3 Å². The first-order chi connectivity index (χ1) is 10.8. The predicted molar refractivity (Wildman–Crippen MR) is 88.3 cm³/mol. The molecular formula is C18H27FN2O2. The molecule has 0 radical (unpaired) electrons. The lowest BCUT2D eigenvalue weighted by atomic mass is 9.82. The van der Waals surface area contributed by atoms with Crippen molar-refractivity contribution in [2.75, 3.05) is 26.7 Å². The quantitative estimate of drug-likeness (QED) is 0.904. The number of hydrogen-bond donors (Lipinski definition) is 1. The van der Waals surface area contributed by atoms with E-state index >= 15 is 0 Å². The maximum Gasteiger partial charge on any atom is 0.239 e. The van der Waals surface area contributed by atoms with E-state index in [0.717, 1.165) is 31.5 Å². The molecule has 1 aromatic carbocycles. The summed E-state index contributed by atoms with van der Waals surface area (Å²) in [6, 6.07) is 6.10. The second-order valence-electron chi connectivity index (χ2n) is 7.04. The molecule has 23 heavy (non-hydrogen) atoms. The van der Waals surface area contributed by atoms with E-state index in [-0.39, 0.29) is 29.8 Å². The number of benzene rings is 1. The molecule has 1 N–H and O–H groups in total. The zero-order valence-electron chi connectivity index (χ0n) is 14.3. The number of carbonyl (C=O) groups excluding carboxylic acids is 1. The van der Waals surface area contributed by atoms with Gasteiger partial charge in [-0.3, -0.25) is 9.69 Å². The molecule has 0 aliphatic carbocycles. The van der Waals surface area contributed by atoms with Crippen molar-refractivity contribution in [3.05, 3.63) is 35.6 Å². The number of rotatable bonds is 5. The van der Waals surface area contributed by atoms with Gasteiger partial charge in [0, 0.05) is 32.2 Å². The standard InChI is InChI=1S/C18H27FN2O2/c1-14(21-9-5-8-18(2,12-21)13-22)17(23)20(3)11-15-6-4-7-16(19)10-15/h4,6-7,10,14,22H,5,8-9,11-13H2,1-3H3. The maximum atomic E-state index is 13.3. The molecular weight excluding hydrogens is 295 g/mol. The molecule has 1 aliphatic heterocycles. The number of likely N-dealkylation sites (tertiary alicyclic amines) is 1. The minimum absolute atomic E-state index is 0.0245. The van der Waals surface area contributed by atoms with Gasteiger partial charge < -0.3 is 10.0 Å². The molecule has 0 saturated carbocycles. The van der Waals surface area contributed by atoms with Crippen molar-refractivity contribution in [1.29, 1.82) is 0 Å². The molecule has 1 aliphatic rings. The number of hydrogen-bond acceptors (Lipinski definition) is 3. The fourth-order valence-corrected chi connectivity index (χ4v) is 3.28. The highest BCUT2D eigenvalue weighted by molar-refractivity contribution is 5.81. The van der Waals surface area contributed by atoms with E-state index in [4.69, 9.17) is 0 Å². The smallest absolute Gasteiger partial charge is 0.239 e. The highest BCUT2D eigenvalue weighted by atomic mass is 19.1. The van der Waals surface area contributed by atoms with Gasteiger partial charge in [0.15, 0.2) is 0 Å². The van der Waals surface area contributed by atoms with E-state index in [1.807, 2.05) is 13.0 Å². The van der Waals surface area contributed by atoms with E-state index in [9.17, 15) is 14.3 Å². The molecule has 1 fully saturated rings. The summed E-state index contributed by atoms with van der Waals surface area (Å²) in [5.74, 6) is -0.261. The number of amides is 1. The van der Waals surface area contributed by atoms with Crippen LogP contribution in [0, 0.1) is 11.2 Å². The van der Waals surface area contributed by atoms with Gasteiger partial charge in [-0.1, -0.05) is 19.1 Å². The topological polar surface area (TPSA) is 43.8 Å². The van der Waals surface area contributed by atoms with Crippen LogP contribution in [0.2, 0.25) is 0 Å². The molecule has 2 unspecified atom stereocenters. The van der Waals surface area contributed by atoms with E-state index in [1.165, 1.54) is 12.1 Å². The summed E-state index contributed by atoms with van der Waals surface area (Å²) in [5, 5.41) is 9.56. The van der Waals surface area contributed by atoms with Crippen molar-refractivity contribution in [2.24, 2.45) is 5.41 Å². The van der Waals surface area contributed by atoms with Crippen LogP contribution in [-0.4, -0.2) is 53.6 Å². The Labute approximate surface area is 137 Å². The van der Waals surface area contributed by atoms with Gasteiger partial charge in [0.1, 0.15) is 5.82 Å². The molecule has 1 heterocycles. The molecule has 1 saturated heterocycles. The zero-order valence-corrected chi connectivity index (χ0v) is 14.3. The number of likely N-dealkylation sites (N-methyl/N-ethyl adjacent to an activating group) is 1. The lowest BCUT2D eigenvalue weighted by molar-refractivity contribution is -0.137. The largest absolute Gasteiger partial charge is 0.396 e. The monoisotopic (exact) mass is 322 g/mol. The zero-order chi connectivity index (χ0) is 17.0. The third-order valence-corrected chi connectivity index (χ3v) is 4.78. The van der Waals surface area contributed by atoms with Crippen molar-refractivity contribution in [3.63, 3.8) is 0 Å². The van der Waals surface area contributed by atoms with Crippen molar-refractivity contribution in [3.8, 4) is 0 Å². The summed E-state index contributed by atoms with van der Waals surface area (Å²) in [6.45, 7) is 6.11. The number of carbonyl (C=O) groups is 1. The van der Waals surface area contributed by atoms with Gasteiger partial charge in [-0.2, -0.15) is 0 Å². The molecule has 0 aromatic heterocycles. The predicted octanol–water partition coefficient (Wildman–Crippen LogP) is 2.27. The Morgan fingerprint density at radius 1 is 1.52 bits per heavy atom. The van der Waals surface area contributed by atoms with E-state index < -0.39 is 0 Å². The molecule has 2 rings (SSSR count). The molecule has 128 valence electrons. The molecule has 5 heteroatoms. The van der Waals surface area contributed by atoms with Gasteiger partial charge in [0.05, 0.1) is 6.04 Å². The van der Waals surface area contributed by atoms with E-state index in [1.54, 1.807) is 18.0 Å². The highest BCUT2D eigenvalue weighted by Gasteiger charge is 2.35. The van der Waals surface area contributed by atoms with Crippen LogP contribution < -0.4 is 0 Å². The Bertz CT molecular complexity index is 552. The summed E-state index contributed by atoms with van der Waals surface area (Å²) < 4.78 is 13.3. The van der Waals surface area contributed by atoms with Gasteiger partial charge in [0.2, 0.25) is 5.91 Å². The highest BCUT2D eigenvalue weighted by Crippen LogP contribution is 2.30. The average molecular weight is 322 g/mol. The first-order valence-electron chi connectivity index (χ1n) is 8.19. The van der Waals surface area contributed by atoms with Crippen LogP contribution in [0.4, 0.5) is 4.39 Å². The Morgan fingerprint density at radius 2 is 2.26 bits per heavy atom. The van der Waals surface area contributed by atoms with E-state index in [2.05, 4.69) is 11.8 Å². The lowest BCUT2D eigenvalue weighted by Crippen LogP contribution is -2.52. The first kappa shape index (κ1) is 17.9. The van der Waals surface area contributed by atoms with Crippen molar-refractivity contribution in [1.82, 2.24) is 9.80 Å². The molecule has 1 aromatic rings. The van der Waals surface area contributed by atoms with Gasteiger partial charge in [0.25, 0.3) is 0 Å². The third-order valence-electron chi connectivity index (χ3n) is 4.78. The normalized spacial score (nSPS) is 23.5. The first-order valence-corrected chi connectivity index (χ1v) is 8.19. The second-order valence-corrected chi connectivity index (χ2v) is 7.04. The van der Waals surface area contributed by atoms with Gasteiger partial charge in [-0.25, -0.2) is 4.39 Å². The third kappa shape index (κ3) is 4.52. The summed E-state index contributed by atoms with van der Waals surface area (Å²) >= 11 is 0. The van der Waals surface area contributed by atoms with Crippen LogP contribution in [0.1, 0.15) is 32.3 Å². The fourth-order valence-electron chi connectivity index (χ4n) is 3.28. The second kappa shape index (κ2) is 7.41. The van der Waals surface area contributed by atoms with Crippen LogP contribution in [0.3, 0.4) is 0 Å². The fraction of sp³-hybridized carbons (Fsp3) is 0.611. The number of halogens is 1. The Hall–Kier alpha value is -1.46. The van der Waals surface area contributed by atoms with E-state index in [0.29, 0.717) is 6.54 Å².